The first-order valence-electron chi connectivity index (χ1n) is 12.6. The SMILES string of the molecule is COc1ncc(-c2ccc3nc(N)n([C@@H](C(=O)OC(C)(C)C)C(C)C)c3c2)cc1NS(=O)(=O)c1ccc(F)cc1F. The average molecular weight is 588 g/mol. The number of nitrogens with two attached hydrogens (primary N) is 1. The minimum absolute atomic E-state index is 0.0694. The molecule has 0 radical (unpaired) electrons. The van der Waals surface area contributed by atoms with Crippen molar-refractivity contribution in [3.8, 4) is 17.0 Å². The van der Waals surface area contributed by atoms with E-state index in [1.807, 2.05) is 13.8 Å². The second kappa shape index (κ2) is 11.0. The summed E-state index contributed by atoms with van der Waals surface area (Å²) in [5.74, 6) is -2.75. The molecule has 0 saturated carbocycles. The number of hydrogen-bond acceptors (Lipinski definition) is 8. The van der Waals surface area contributed by atoms with Crippen LogP contribution in [-0.2, 0) is 19.6 Å². The number of halogens is 2. The van der Waals surface area contributed by atoms with Gasteiger partial charge in [0.15, 0.2) is 0 Å². The summed E-state index contributed by atoms with van der Waals surface area (Å²) in [7, 11) is -3.17. The van der Waals surface area contributed by atoms with Gasteiger partial charge in [0.1, 0.15) is 33.9 Å². The molecule has 13 heteroatoms. The van der Waals surface area contributed by atoms with Crippen molar-refractivity contribution in [2.75, 3.05) is 17.6 Å². The van der Waals surface area contributed by atoms with Crippen molar-refractivity contribution in [2.24, 2.45) is 5.92 Å². The zero-order valence-corrected chi connectivity index (χ0v) is 24.2. The number of carbonyl (C=O) groups excluding carboxylic acids is 1. The fraction of sp³-hybridized carbons (Fsp3) is 0.321. The van der Waals surface area contributed by atoms with Gasteiger partial charge in [0, 0.05) is 17.8 Å². The van der Waals surface area contributed by atoms with Crippen LogP contribution in [0.5, 0.6) is 5.88 Å². The molecule has 41 heavy (non-hydrogen) atoms. The minimum Gasteiger partial charge on any atom is -0.480 e. The number of rotatable bonds is 8. The van der Waals surface area contributed by atoms with Gasteiger partial charge in [0.25, 0.3) is 10.0 Å². The minimum atomic E-state index is -4.47. The van der Waals surface area contributed by atoms with Gasteiger partial charge < -0.3 is 15.2 Å². The summed E-state index contributed by atoms with van der Waals surface area (Å²) in [5, 5.41) is 0. The van der Waals surface area contributed by atoms with Crippen molar-refractivity contribution in [1.29, 1.82) is 0 Å². The van der Waals surface area contributed by atoms with Gasteiger partial charge in [-0.25, -0.2) is 32.0 Å². The van der Waals surface area contributed by atoms with Gasteiger partial charge in [0.05, 0.1) is 18.1 Å². The number of nitrogens with zero attached hydrogens (tertiary/aromatic N) is 3. The number of nitrogen functional groups attached to an aromatic ring is 1. The lowest BCUT2D eigenvalue weighted by Gasteiger charge is -2.27. The predicted molar refractivity (Wildman–Crippen MR) is 151 cm³/mol. The molecule has 0 aliphatic carbocycles. The van der Waals surface area contributed by atoms with Crippen LogP contribution in [0.25, 0.3) is 22.2 Å². The third kappa shape index (κ3) is 6.24. The zero-order valence-electron chi connectivity index (χ0n) is 23.4. The number of benzene rings is 2. The van der Waals surface area contributed by atoms with Crippen LogP contribution in [0.3, 0.4) is 0 Å². The van der Waals surface area contributed by atoms with Crippen LogP contribution in [0.4, 0.5) is 20.4 Å². The van der Waals surface area contributed by atoms with Gasteiger partial charge in [0.2, 0.25) is 11.8 Å². The Morgan fingerprint density at radius 2 is 1.78 bits per heavy atom. The van der Waals surface area contributed by atoms with E-state index in [0.29, 0.717) is 28.2 Å². The molecule has 4 rings (SSSR count). The quantitative estimate of drug-likeness (QED) is 0.265. The van der Waals surface area contributed by atoms with Gasteiger partial charge in [-0.05, 0) is 62.6 Å². The van der Waals surface area contributed by atoms with E-state index < -0.39 is 44.2 Å². The topological polar surface area (TPSA) is 138 Å². The molecule has 1 atom stereocenters. The highest BCUT2D eigenvalue weighted by atomic mass is 32.2. The van der Waals surface area contributed by atoms with E-state index in [-0.39, 0.29) is 23.4 Å². The first kappa shape index (κ1) is 29.7. The molecular formula is C28H31F2N5O5S. The molecule has 0 spiro atoms. The average Bonchev–Trinajstić information content (AvgIpc) is 3.17. The summed E-state index contributed by atoms with van der Waals surface area (Å²) in [4.78, 5) is 21.1. The molecule has 2 aromatic carbocycles. The summed E-state index contributed by atoms with van der Waals surface area (Å²) in [6.07, 6.45) is 1.47. The van der Waals surface area contributed by atoms with Gasteiger partial charge in [-0.15, -0.1) is 0 Å². The molecule has 0 aliphatic heterocycles. The number of aromatic nitrogens is 3. The molecule has 218 valence electrons. The maximum Gasteiger partial charge on any atom is 0.330 e. The number of methoxy groups -OCH3 is 1. The number of pyridine rings is 1. The Labute approximate surface area is 236 Å². The summed E-state index contributed by atoms with van der Waals surface area (Å²) in [6, 6.07) is 8.04. The van der Waals surface area contributed by atoms with Crippen LogP contribution in [0.15, 0.2) is 53.6 Å². The van der Waals surface area contributed by atoms with Gasteiger partial charge in [-0.1, -0.05) is 19.9 Å². The highest BCUT2D eigenvalue weighted by Gasteiger charge is 2.32. The van der Waals surface area contributed by atoms with Gasteiger partial charge in [-0.3, -0.25) is 9.29 Å². The summed E-state index contributed by atoms with van der Waals surface area (Å²) in [5.41, 5.74) is 7.64. The number of fused-ring (bicyclic) bond motifs is 1. The lowest BCUT2D eigenvalue weighted by Crippen LogP contribution is -2.33. The number of esters is 1. The van der Waals surface area contributed by atoms with Crippen molar-refractivity contribution in [3.05, 3.63) is 60.3 Å². The molecule has 0 amide bonds. The fourth-order valence-corrected chi connectivity index (χ4v) is 5.47. The standard InChI is InChI=1S/C28H31F2N5O5S/c1-15(2)24(26(36)40-28(3,4)5)35-22-12-16(7-9-20(22)33-27(35)31)17-11-21(25(39-6)32-14-17)34-41(37,38)23-10-8-18(29)13-19(23)30/h7-15,24,34H,1-6H3,(H2,31,33)/t24-/m1/s1. The molecule has 3 N–H and O–H groups in total. The van der Waals surface area contributed by atoms with Gasteiger partial charge >= 0.3 is 5.97 Å². The number of hydrogen-bond donors (Lipinski definition) is 2. The molecular weight excluding hydrogens is 556 g/mol. The number of anilines is 2. The maximum atomic E-state index is 14.3. The highest BCUT2D eigenvalue weighted by Crippen LogP contribution is 2.35. The van der Waals surface area contributed by atoms with Crippen LogP contribution < -0.4 is 15.2 Å². The third-order valence-corrected chi connectivity index (χ3v) is 7.48. The maximum absolute atomic E-state index is 14.3. The van der Waals surface area contributed by atoms with E-state index in [0.717, 1.165) is 12.1 Å². The second-order valence-electron chi connectivity index (χ2n) is 10.7. The van der Waals surface area contributed by atoms with Crippen LogP contribution >= 0.6 is 0 Å². The Hall–Kier alpha value is -4.26. The smallest absolute Gasteiger partial charge is 0.330 e. The monoisotopic (exact) mass is 587 g/mol. The van der Waals surface area contributed by atoms with Crippen molar-refractivity contribution in [3.63, 3.8) is 0 Å². The normalized spacial score (nSPS) is 12.9. The molecule has 0 aliphatic rings. The Morgan fingerprint density at radius 3 is 2.39 bits per heavy atom. The highest BCUT2D eigenvalue weighted by molar-refractivity contribution is 7.92. The van der Waals surface area contributed by atoms with E-state index in [9.17, 15) is 22.0 Å². The van der Waals surface area contributed by atoms with E-state index in [2.05, 4.69) is 14.7 Å². The molecule has 10 nitrogen and oxygen atoms in total. The number of ether oxygens (including phenoxy) is 2. The molecule has 0 unspecified atom stereocenters. The Morgan fingerprint density at radius 1 is 1.07 bits per heavy atom. The molecule has 2 heterocycles. The van der Waals surface area contributed by atoms with Crippen molar-refractivity contribution >= 4 is 38.7 Å². The molecule has 2 aromatic heterocycles. The predicted octanol–water partition coefficient (Wildman–Crippen LogP) is 5.31. The zero-order chi connectivity index (χ0) is 30.3. The molecule has 4 aromatic rings. The van der Waals surface area contributed by atoms with Crippen molar-refractivity contribution in [1.82, 2.24) is 14.5 Å². The van der Waals surface area contributed by atoms with E-state index in [1.165, 1.54) is 19.4 Å². The number of nitrogens with one attached hydrogen (secondary N) is 1. The lowest BCUT2D eigenvalue weighted by atomic mass is 10.0. The fourth-order valence-electron chi connectivity index (χ4n) is 4.36. The number of imidazole rings is 1. The Kier molecular flexibility index (Phi) is 7.94. The summed E-state index contributed by atoms with van der Waals surface area (Å²) < 4.78 is 68.3. The van der Waals surface area contributed by atoms with Crippen molar-refractivity contribution in [2.45, 2.75) is 51.2 Å². The first-order chi connectivity index (χ1) is 19.1. The van der Waals surface area contributed by atoms with E-state index in [1.54, 1.807) is 43.5 Å². The van der Waals surface area contributed by atoms with Crippen molar-refractivity contribution < 1.29 is 31.5 Å². The van der Waals surface area contributed by atoms with Crippen LogP contribution in [-0.4, -0.2) is 41.6 Å². The Bertz CT molecular complexity index is 1730. The lowest BCUT2D eigenvalue weighted by molar-refractivity contribution is -0.160. The molecule has 0 fully saturated rings. The number of sulfonamides is 1. The largest absolute Gasteiger partial charge is 0.480 e. The van der Waals surface area contributed by atoms with E-state index in [4.69, 9.17) is 15.2 Å². The third-order valence-electron chi connectivity index (χ3n) is 6.08. The summed E-state index contributed by atoms with van der Waals surface area (Å²) in [6.45, 7) is 9.09. The second-order valence-corrected chi connectivity index (χ2v) is 12.4. The van der Waals surface area contributed by atoms with Crippen LogP contribution in [0.1, 0.15) is 40.7 Å². The van der Waals surface area contributed by atoms with Crippen LogP contribution in [0, 0.1) is 17.6 Å². The molecule has 0 bridgehead atoms. The first-order valence-corrected chi connectivity index (χ1v) is 14.1. The van der Waals surface area contributed by atoms with Crippen LogP contribution in [0.2, 0.25) is 0 Å². The Balaban J connectivity index is 1.79. The van der Waals surface area contributed by atoms with Gasteiger partial charge in [-0.2, -0.15) is 0 Å². The van der Waals surface area contributed by atoms with E-state index >= 15 is 0 Å². The summed E-state index contributed by atoms with van der Waals surface area (Å²) >= 11 is 0. The number of carbonyl (C=O) groups is 1. The molecule has 0 saturated heterocycles.